The number of hydrogen-bond acceptors (Lipinski definition) is 3. The second kappa shape index (κ2) is 15.6. The molecule has 4 nitrogen and oxygen atoms in total. The minimum absolute atomic E-state index is 0.180. The summed E-state index contributed by atoms with van der Waals surface area (Å²) in [6, 6.07) is 40.5. The molecule has 0 saturated heterocycles. The molecule has 0 radical (unpaired) electrons. The Hall–Kier alpha value is -3.80. The second-order valence-electron chi connectivity index (χ2n) is 11.8. The van der Waals surface area contributed by atoms with Gasteiger partial charge in [-0.15, -0.1) is 0 Å². The van der Waals surface area contributed by atoms with E-state index in [1.54, 1.807) is 0 Å². The fraction of sp³-hybridized carbons (Fsp3) is 0.316. The number of aliphatic hydroxyl groups is 1. The van der Waals surface area contributed by atoms with E-state index < -0.39 is 29.4 Å². The van der Waals surface area contributed by atoms with Gasteiger partial charge in [0.15, 0.2) is 0 Å². The zero-order chi connectivity index (χ0) is 30.7. The van der Waals surface area contributed by atoms with E-state index in [1.807, 2.05) is 86.6 Å². The van der Waals surface area contributed by atoms with Gasteiger partial charge < -0.3 is 15.5 Å². The Labute approximate surface area is 261 Å². The Bertz CT molecular complexity index is 1310. The molecule has 2 unspecified atom stereocenters. The molecule has 4 aromatic rings. The van der Waals surface area contributed by atoms with Crippen molar-refractivity contribution in [3.63, 3.8) is 0 Å². The van der Waals surface area contributed by atoms with Crippen LogP contribution in [0.2, 0.25) is 0 Å². The standard InChI is InChI=1S/C38H43NO3S/c1-28(2)26-34(37(41)42)39-36(43)33(25-15-18-29-16-7-3-8-17-29)35(40)27-38(30-19-9-4-10-20-30,31-21-11-5-12-22-31)32-23-13-6-14-24-32/h3-14,16-17,19-24,28,33-35,40H,15,18,25-27H2,1-2H3,(H,39,43)(H,41,42)/t33?,34-,35?/m0/s1. The van der Waals surface area contributed by atoms with Gasteiger partial charge >= 0.3 is 5.97 Å². The molecule has 0 saturated carbocycles. The number of carboxylic acid groups (broad SMARTS) is 1. The Morgan fingerprint density at radius 2 is 1.21 bits per heavy atom. The average Bonchev–Trinajstić information content (AvgIpc) is 3.03. The molecule has 4 aromatic carbocycles. The first-order valence-corrected chi connectivity index (χ1v) is 15.6. The van der Waals surface area contributed by atoms with Crippen molar-refractivity contribution in [2.45, 2.75) is 63.5 Å². The number of thiocarbonyl (C=S) groups is 1. The molecule has 0 aliphatic heterocycles. The highest BCUT2D eigenvalue weighted by Crippen LogP contribution is 2.44. The SMILES string of the molecule is CC(C)C[C@H](NC(=S)C(CCCc1ccccc1)C(O)CC(c1ccccc1)(c1ccccc1)c1ccccc1)C(=O)O. The maximum Gasteiger partial charge on any atom is 0.326 e. The highest BCUT2D eigenvalue weighted by atomic mass is 32.1. The number of hydrogen-bond donors (Lipinski definition) is 3. The molecule has 0 fully saturated rings. The lowest BCUT2D eigenvalue weighted by Crippen LogP contribution is -2.47. The third-order valence-corrected chi connectivity index (χ3v) is 8.68. The summed E-state index contributed by atoms with van der Waals surface area (Å²) >= 11 is 5.93. The van der Waals surface area contributed by atoms with Crippen LogP contribution in [0.5, 0.6) is 0 Å². The van der Waals surface area contributed by atoms with E-state index in [2.05, 4.69) is 53.8 Å². The summed E-state index contributed by atoms with van der Waals surface area (Å²) in [4.78, 5) is 12.6. The minimum atomic E-state index is -0.930. The van der Waals surface area contributed by atoms with Crippen LogP contribution in [0.1, 0.15) is 61.8 Å². The molecule has 0 aliphatic carbocycles. The molecule has 224 valence electrons. The summed E-state index contributed by atoms with van der Waals surface area (Å²) in [6.45, 7) is 4.00. The normalized spacial score (nSPS) is 13.7. The highest BCUT2D eigenvalue weighted by molar-refractivity contribution is 7.80. The maximum atomic E-state index is 12.3. The number of rotatable bonds is 15. The van der Waals surface area contributed by atoms with Crippen molar-refractivity contribution >= 4 is 23.2 Å². The zero-order valence-electron chi connectivity index (χ0n) is 25.1. The number of aryl methyl sites for hydroxylation is 1. The molecule has 0 aliphatic rings. The van der Waals surface area contributed by atoms with E-state index in [0.29, 0.717) is 24.3 Å². The van der Waals surface area contributed by atoms with Crippen molar-refractivity contribution < 1.29 is 15.0 Å². The quantitative estimate of drug-likeness (QED) is 0.0968. The number of nitrogens with one attached hydrogen (secondary N) is 1. The van der Waals surface area contributed by atoms with E-state index in [9.17, 15) is 15.0 Å². The van der Waals surface area contributed by atoms with Gasteiger partial charge in [-0.2, -0.15) is 0 Å². The first-order valence-electron chi connectivity index (χ1n) is 15.2. The summed E-state index contributed by atoms with van der Waals surface area (Å²) in [5, 5.41) is 25.4. The summed E-state index contributed by atoms with van der Waals surface area (Å²) < 4.78 is 0. The van der Waals surface area contributed by atoms with Gasteiger partial charge in [0.1, 0.15) is 6.04 Å². The van der Waals surface area contributed by atoms with Gasteiger partial charge in [-0.3, -0.25) is 0 Å². The van der Waals surface area contributed by atoms with Crippen molar-refractivity contribution in [1.29, 1.82) is 0 Å². The van der Waals surface area contributed by atoms with Crippen LogP contribution >= 0.6 is 12.2 Å². The molecule has 4 rings (SSSR count). The van der Waals surface area contributed by atoms with Crippen LogP contribution in [-0.4, -0.2) is 33.3 Å². The van der Waals surface area contributed by atoms with Crippen LogP contribution in [0.3, 0.4) is 0 Å². The predicted octanol–water partition coefficient (Wildman–Crippen LogP) is 7.83. The highest BCUT2D eigenvalue weighted by Gasteiger charge is 2.41. The number of aliphatic hydroxyl groups excluding tert-OH is 1. The van der Waals surface area contributed by atoms with Gasteiger partial charge in [0.2, 0.25) is 0 Å². The molecule has 0 aromatic heterocycles. The smallest absolute Gasteiger partial charge is 0.326 e. The van der Waals surface area contributed by atoms with Gasteiger partial charge in [0.05, 0.1) is 11.1 Å². The van der Waals surface area contributed by atoms with Crippen molar-refractivity contribution in [3.05, 3.63) is 144 Å². The second-order valence-corrected chi connectivity index (χ2v) is 12.2. The van der Waals surface area contributed by atoms with Crippen LogP contribution in [0.25, 0.3) is 0 Å². The molecule has 0 heterocycles. The third-order valence-electron chi connectivity index (χ3n) is 8.26. The molecule has 0 amide bonds. The lowest BCUT2D eigenvalue weighted by atomic mass is 9.65. The molecule has 5 heteroatoms. The monoisotopic (exact) mass is 593 g/mol. The first-order chi connectivity index (χ1) is 20.8. The first kappa shape index (κ1) is 32.1. The van der Waals surface area contributed by atoms with Crippen LogP contribution in [0.4, 0.5) is 0 Å². The Kier molecular flexibility index (Phi) is 11.7. The fourth-order valence-corrected chi connectivity index (χ4v) is 6.54. The van der Waals surface area contributed by atoms with Gasteiger partial charge in [-0.1, -0.05) is 147 Å². The minimum Gasteiger partial charge on any atom is -0.480 e. The molecule has 0 bridgehead atoms. The molecule has 3 N–H and O–H groups in total. The molecular formula is C38H43NO3S. The van der Waals surface area contributed by atoms with Gasteiger partial charge in [-0.25, -0.2) is 4.79 Å². The Balaban J connectivity index is 1.73. The number of carbonyl (C=O) groups is 1. The largest absolute Gasteiger partial charge is 0.480 e. The number of benzene rings is 4. The van der Waals surface area contributed by atoms with E-state index in [1.165, 1.54) is 5.56 Å². The molecule has 0 spiro atoms. The van der Waals surface area contributed by atoms with E-state index in [-0.39, 0.29) is 5.92 Å². The lowest BCUT2D eigenvalue weighted by molar-refractivity contribution is -0.139. The lowest BCUT2D eigenvalue weighted by Gasteiger charge is -2.40. The Morgan fingerprint density at radius 3 is 1.63 bits per heavy atom. The van der Waals surface area contributed by atoms with Crippen molar-refractivity contribution in [2.24, 2.45) is 11.8 Å². The predicted molar refractivity (Wildman–Crippen MR) is 179 cm³/mol. The van der Waals surface area contributed by atoms with Gasteiger partial charge in [0.25, 0.3) is 0 Å². The van der Waals surface area contributed by atoms with Crippen molar-refractivity contribution in [2.75, 3.05) is 0 Å². The maximum absolute atomic E-state index is 12.3. The summed E-state index contributed by atoms with van der Waals surface area (Å²) in [7, 11) is 0. The number of carboxylic acids is 1. The third kappa shape index (κ3) is 8.40. The zero-order valence-corrected chi connectivity index (χ0v) is 25.9. The van der Waals surface area contributed by atoms with Gasteiger partial charge in [0, 0.05) is 11.3 Å². The van der Waals surface area contributed by atoms with Gasteiger partial charge in [-0.05, 0) is 60.3 Å². The fourth-order valence-electron chi connectivity index (χ4n) is 6.12. The van der Waals surface area contributed by atoms with Crippen LogP contribution in [-0.2, 0) is 16.6 Å². The van der Waals surface area contributed by atoms with Crippen LogP contribution in [0.15, 0.2) is 121 Å². The van der Waals surface area contributed by atoms with Crippen molar-refractivity contribution in [3.8, 4) is 0 Å². The van der Waals surface area contributed by atoms with Crippen LogP contribution in [0, 0.1) is 11.8 Å². The van der Waals surface area contributed by atoms with E-state index in [4.69, 9.17) is 12.2 Å². The Morgan fingerprint density at radius 1 is 0.767 bits per heavy atom. The molecule has 43 heavy (non-hydrogen) atoms. The van der Waals surface area contributed by atoms with E-state index in [0.717, 1.165) is 29.5 Å². The summed E-state index contributed by atoms with van der Waals surface area (Å²) in [5.41, 5.74) is 3.82. The average molecular weight is 594 g/mol. The van der Waals surface area contributed by atoms with Crippen LogP contribution < -0.4 is 5.32 Å². The summed E-state index contributed by atoms with van der Waals surface area (Å²) in [5.74, 6) is -1.18. The topological polar surface area (TPSA) is 69.6 Å². The number of aliphatic carboxylic acids is 1. The summed E-state index contributed by atoms with van der Waals surface area (Å²) in [6.07, 6.45) is 2.27. The van der Waals surface area contributed by atoms with E-state index >= 15 is 0 Å². The molecular weight excluding hydrogens is 550 g/mol. The molecule has 3 atom stereocenters. The van der Waals surface area contributed by atoms with Crippen molar-refractivity contribution in [1.82, 2.24) is 5.32 Å².